The zero-order valence-corrected chi connectivity index (χ0v) is 12.6. The highest BCUT2D eigenvalue weighted by Gasteiger charge is 2.16. The molecule has 2 heterocycles. The van der Waals surface area contributed by atoms with Crippen LogP contribution < -0.4 is 5.32 Å². The van der Waals surface area contributed by atoms with Crippen LogP contribution >= 0.6 is 11.3 Å². The van der Waals surface area contributed by atoms with Gasteiger partial charge in [0.25, 0.3) is 5.91 Å². The van der Waals surface area contributed by atoms with Crippen molar-refractivity contribution in [2.75, 3.05) is 5.32 Å². The molecule has 7 nitrogen and oxygen atoms in total. The number of hydrogen-bond donors (Lipinski definition) is 1. The average Bonchev–Trinajstić information content (AvgIpc) is 3.06. The predicted octanol–water partition coefficient (Wildman–Crippen LogP) is 2.13. The van der Waals surface area contributed by atoms with Gasteiger partial charge in [0.2, 0.25) is 11.0 Å². The summed E-state index contributed by atoms with van der Waals surface area (Å²) in [7, 11) is 0. The normalized spacial score (nSPS) is 10.7. The largest absolute Gasteiger partial charge is 0.297 e. The highest BCUT2D eigenvalue weighted by molar-refractivity contribution is 7.15. The molecule has 0 saturated heterocycles. The van der Waals surface area contributed by atoms with Crippen molar-refractivity contribution in [3.8, 4) is 5.69 Å². The second kappa shape index (κ2) is 5.60. The first-order chi connectivity index (χ1) is 10.5. The summed E-state index contributed by atoms with van der Waals surface area (Å²) < 4.78 is 14.4. The van der Waals surface area contributed by atoms with E-state index in [2.05, 4.69) is 25.6 Å². The Morgan fingerprint density at radius 1 is 1.23 bits per heavy atom. The number of amides is 1. The number of aromatic nitrogens is 5. The Labute approximate surface area is 128 Å². The number of halogens is 1. The van der Waals surface area contributed by atoms with E-state index in [1.54, 1.807) is 26.0 Å². The van der Waals surface area contributed by atoms with Crippen LogP contribution in [-0.2, 0) is 0 Å². The quantitative estimate of drug-likeness (QED) is 0.799. The highest BCUT2D eigenvalue weighted by Crippen LogP contribution is 2.15. The summed E-state index contributed by atoms with van der Waals surface area (Å²) in [5, 5.41) is 15.5. The van der Waals surface area contributed by atoms with E-state index in [0.717, 1.165) is 5.01 Å². The summed E-state index contributed by atoms with van der Waals surface area (Å²) in [5.41, 5.74) is 0.622. The molecule has 1 N–H and O–H groups in total. The van der Waals surface area contributed by atoms with Gasteiger partial charge < -0.3 is 0 Å². The van der Waals surface area contributed by atoms with Crippen LogP contribution in [0.25, 0.3) is 5.69 Å². The molecule has 0 aliphatic rings. The van der Waals surface area contributed by atoms with Crippen LogP contribution in [0, 0.1) is 19.7 Å². The molecule has 22 heavy (non-hydrogen) atoms. The third kappa shape index (κ3) is 2.84. The number of benzene rings is 1. The van der Waals surface area contributed by atoms with Gasteiger partial charge in [0.05, 0.1) is 5.69 Å². The van der Waals surface area contributed by atoms with Crippen LogP contribution in [0.3, 0.4) is 0 Å². The average molecular weight is 318 g/mol. The Balaban J connectivity index is 1.85. The molecule has 3 rings (SSSR count). The smallest absolute Gasteiger partial charge is 0.294 e. The molecule has 0 bridgehead atoms. The van der Waals surface area contributed by atoms with Crippen LogP contribution in [0.1, 0.15) is 21.5 Å². The van der Waals surface area contributed by atoms with E-state index >= 15 is 0 Å². The third-order valence-electron chi connectivity index (χ3n) is 2.79. The Hall–Kier alpha value is -2.68. The van der Waals surface area contributed by atoms with Gasteiger partial charge in [-0.2, -0.15) is 0 Å². The van der Waals surface area contributed by atoms with Crippen molar-refractivity contribution in [1.82, 2.24) is 25.0 Å². The minimum absolute atomic E-state index is 0.00896. The molecule has 1 amide bonds. The van der Waals surface area contributed by atoms with E-state index in [-0.39, 0.29) is 11.6 Å². The Morgan fingerprint density at radius 3 is 2.59 bits per heavy atom. The van der Waals surface area contributed by atoms with Crippen LogP contribution in [-0.4, -0.2) is 30.9 Å². The van der Waals surface area contributed by atoms with Crippen molar-refractivity contribution >= 4 is 22.4 Å². The third-order valence-corrected chi connectivity index (χ3v) is 3.54. The van der Waals surface area contributed by atoms with Crippen molar-refractivity contribution in [3.63, 3.8) is 0 Å². The van der Waals surface area contributed by atoms with Crippen LogP contribution in [0.4, 0.5) is 9.52 Å². The lowest BCUT2D eigenvalue weighted by molar-refractivity contribution is 0.101. The number of anilines is 1. The molecule has 0 unspecified atom stereocenters. The summed E-state index contributed by atoms with van der Waals surface area (Å²) in [6, 6.07) is 5.76. The molecule has 0 atom stereocenters. The number of nitrogens with zero attached hydrogens (tertiary/aromatic N) is 5. The van der Waals surface area contributed by atoms with Gasteiger partial charge in [0, 0.05) is 0 Å². The van der Waals surface area contributed by atoms with Gasteiger partial charge in [-0.25, -0.2) is 14.1 Å². The maximum Gasteiger partial charge on any atom is 0.297 e. The fourth-order valence-corrected chi connectivity index (χ4v) is 2.40. The maximum absolute atomic E-state index is 13.0. The van der Waals surface area contributed by atoms with Gasteiger partial charge in [0.15, 0.2) is 0 Å². The minimum atomic E-state index is -0.472. The molecule has 0 saturated carbocycles. The number of hydrogen-bond acceptors (Lipinski definition) is 6. The van der Waals surface area contributed by atoms with Crippen molar-refractivity contribution in [2.45, 2.75) is 13.8 Å². The predicted molar refractivity (Wildman–Crippen MR) is 78.7 cm³/mol. The van der Waals surface area contributed by atoms with Gasteiger partial charge in [-0.05, 0) is 38.1 Å². The Morgan fingerprint density at radius 2 is 1.95 bits per heavy atom. The second-order valence-electron chi connectivity index (χ2n) is 4.45. The lowest BCUT2D eigenvalue weighted by Crippen LogP contribution is -2.14. The summed E-state index contributed by atoms with van der Waals surface area (Å²) in [5.74, 6) is -0.286. The standard InChI is InChI=1S/C13H11FN6OS/c1-7-15-11(12(21)16-13-18-17-8(2)22-13)19-20(7)10-5-3-9(14)4-6-10/h3-6H,1-2H3,(H,16,18,21). The Kier molecular flexibility index (Phi) is 3.63. The summed E-state index contributed by atoms with van der Waals surface area (Å²) in [6.45, 7) is 3.50. The molecule has 1 aromatic carbocycles. The van der Waals surface area contributed by atoms with Gasteiger partial charge in [0.1, 0.15) is 16.6 Å². The van der Waals surface area contributed by atoms with E-state index < -0.39 is 5.91 Å². The van der Waals surface area contributed by atoms with E-state index in [1.807, 2.05) is 0 Å². The van der Waals surface area contributed by atoms with E-state index in [9.17, 15) is 9.18 Å². The molecule has 0 fully saturated rings. The molecule has 9 heteroatoms. The summed E-state index contributed by atoms with van der Waals surface area (Å²) in [6.07, 6.45) is 0. The number of carbonyl (C=O) groups is 1. The maximum atomic E-state index is 13.0. The van der Waals surface area contributed by atoms with Crippen LogP contribution in [0.15, 0.2) is 24.3 Å². The zero-order valence-electron chi connectivity index (χ0n) is 11.7. The first-order valence-corrected chi connectivity index (χ1v) is 7.15. The number of aryl methyl sites for hydroxylation is 2. The molecule has 0 aliphatic heterocycles. The molecule has 0 aliphatic carbocycles. The second-order valence-corrected chi connectivity index (χ2v) is 5.63. The summed E-state index contributed by atoms with van der Waals surface area (Å²) in [4.78, 5) is 16.2. The monoisotopic (exact) mass is 318 g/mol. The molecular weight excluding hydrogens is 307 g/mol. The number of nitrogens with one attached hydrogen (secondary N) is 1. The van der Waals surface area contributed by atoms with Gasteiger partial charge in [-0.1, -0.05) is 11.3 Å². The number of carbonyl (C=O) groups excluding carboxylic acids is 1. The fraction of sp³-hybridized carbons (Fsp3) is 0.154. The highest BCUT2D eigenvalue weighted by atomic mass is 32.1. The van der Waals surface area contributed by atoms with E-state index in [1.165, 1.54) is 28.2 Å². The minimum Gasteiger partial charge on any atom is -0.294 e. The van der Waals surface area contributed by atoms with Gasteiger partial charge in [-0.15, -0.1) is 15.3 Å². The zero-order chi connectivity index (χ0) is 15.7. The molecule has 3 aromatic rings. The van der Waals surface area contributed by atoms with Gasteiger partial charge >= 0.3 is 0 Å². The van der Waals surface area contributed by atoms with Crippen molar-refractivity contribution in [2.24, 2.45) is 0 Å². The van der Waals surface area contributed by atoms with Crippen molar-refractivity contribution in [3.05, 3.63) is 46.7 Å². The molecular formula is C13H11FN6OS. The number of rotatable bonds is 3. The Bertz CT molecular complexity index is 825. The van der Waals surface area contributed by atoms with E-state index in [4.69, 9.17) is 0 Å². The van der Waals surface area contributed by atoms with Gasteiger partial charge in [-0.3, -0.25) is 10.1 Å². The fourth-order valence-electron chi connectivity index (χ4n) is 1.81. The molecule has 112 valence electrons. The first kappa shape index (κ1) is 14.3. The summed E-state index contributed by atoms with van der Waals surface area (Å²) >= 11 is 1.26. The SMILES string of the molecule is Cc1nnc(NC(=O)c2nc(C)n(-c3ccc(F)cc3)n2)s1. The first-order valence-electron chi connectivity index (χ1n) is 6.34. The molecule has 0 radical (unpaired) electrons. The molecule has 2 aromatic heterocycles. The lowest BCUT2D eigenvalue weighted by Gasteiger charge is -2.01. The lowest BCUT2D eigenvalue weighted by atomic mass is 10.3. The van der Waals surface area contributed by atoms with E-state index in [0.29, 0.717) is 16.6 Å². The molecule has 0 spiro atoms. The topological polar surface area (TPSA) is 85.6 Å². The van der Waals surface area contributed by atoms with Crippen LogP contribution in [0.2, 0.25) is 0 Å². The van der Waals surface area contributed by atoms with Crippen LogP contribution in [0.5, 0.6) is 0 Å². The van der Waals surface area contributed by atoms with Crippen molar-refractivity contribution < 1.29 is 9.18 Å². The van der Waals surface area contributed by atoms with Crippen molar-refractivity contribution in [1.29, 1.82) is 0 Å².